The average molecular weight is 354 g/mol. The Labute approximate surface area is 156 Å². The Balaban J connectivity index is 1.44. The molecule has 2 aromatic rings. The molecule has 0 bridgehead atoms. The second kappa shape index (κ2) is 8.33. The van der Waals surface area contributed by atoms with Gasteiger partial charge in [-0.15, -0.1) is 0 Å². The molecule has 2 heterocycles. The van der Waals surface area contributed by atoms with Crippen LogP contribution >= 0.6 is 0 Å². The lowest BCUT2D eigenvalue weighted by Crippen LogP contribution is -2.51. The van der Waals surface area contributed by atoms with E-state index >= 15 is 0 Å². The van der Waals surface area contributed by atoms with Crippen LogP contribution in [0.4, 0.5) is 0 Å². The van der Waals surface area contributed by atoms with Gasteiger partial charge in [-0.25, -0.2) is 4.98 Å². The molecular weight excluding hydrogens is 322 g/mol. The summed E-state index contributed by atoms with van der Waals surface area (Å²) in [4.78, 5) is 13.6. The van der Waals surface area contributed by atoms with Crippen molar-refractivity contribution in [3.63, 3.8) is 0 Å². The second-order valence-corrected chi connectivity index (χ2v) is 7.64. The van der Waals surface area contributed by atoms with Crippen molar-refractivity contribution in [3.05, 3.63) is 42.2 Å². The van der Waals surface area contributed by atoms with Gasteiger partial charge in [0.05, 0.1) is 17.9 Å². The van der Waals surface area contributed by atoms with Crippen LogP contribution in [0.3, 0.4) is 0 Å². The van der Waals surface area contributed by atoms with Crippen LogP contribution in [-0.2, 0) is 0 Å². The zero-order chi connectivity index (χ0) is 17.8. The molecule has 0 radical (unpaired) electrons. The minimum Gasteiger partial charge on any atom is -0.341 e. The number of nitrogens with zero attached hydrogens (tertiary/aromatic N) is 3. The Bertz CT molecular complexity index is 669. The van der Waals surface area contributed by atoms with Crippen molar-refractivity contribution in [3.8, 4) is 11.4 Å². The highest BCUT2D eigenvalue weighted by molar-refractivity contribution is 5.54. The van der Waals surface area contributed by atoms with E-state index in [0.29, 0.717) is 6.04 Å². The molecule has 0 spiro atoms. The van der Waals surface area contributed by atoms with Gasteiger partial charge in [0.1, 0.15) is 5.82 Å². The summed E-state index contributed by atoms with van der Waals surface area (Å²) in [6.07, 6.45) is 7.67. The summed E-state index contributed by atoms with van der Waals surface area (Å²) in [7, 11) is 2.04. The quantitative estimate of drug-likeness (QED) is 0.838. The fraction of sp³-hybridized carbons (Fsp3) is 0.571. The maximum Gasteiger partial charge on any atom is 0.137 e. The fourth-order valence-electron chi connectivity index (χ4n) is 4.56. The van der Waals surface area contributed by atoms with Crippen molar-refractivity contribution >= 4 is 0 Å². The van der Waals surface area contributed by atoms with Crippen molar-refractivity contribution in [2.45, 2.75) is 37.8 Å². The lowest BCUT2D eigenvalue weighted by atomic mass is 10.1. The Morgan fingerprint density at radius 3 is 2.54 bits per heavy atom. The van der Waals surface area contributed by atoms with E-state index in [0.717, 1.165) is 37.1 Å². The van der Waals surface area contributed by atoms with E-state index in [-0.39, 0.29) is 0 Å². The summed E-state index contributed by atoms with van der Waals surface area (Å²) < 4.78 is 0. The van der Waals surface area contributed by atoms with E-state index in [2.05, 4.69) is 49.4 Å². The molecule has 1 atom stereocenters. The summed E-state index contributed by atoms with van der Waals surface area (Å²) >= 11 is 0. The zero-order valence-electron chi connectivity index (χ0n) is 15.8. The van der Waals surface area contributed by atoms with Gasteiger partial charge in [-0.05, 0) is 19.9 Å². The first-order valence-electron chi connectivity index (χ1n) is 10.1. The van der Waals surface area contributed by atoms with Crippen molar-refractivity contribution in [2.24, 2.45) is 0 Å². The number of aromatic nitrogens is 2. The number of aromatic amines is 1. The van der Waals surface area contributed by atoms with E-state index in [1.165, 1.54) is 44.5 Å². The van der Waals surface area contributed by atoms with Crippen LogP contribution in [0.15, 0.2) is 36.5 Å². The summed E-state index contributed by atoms with van der Waals surface area (Å²) in [6.45, 7) is 5.63. The first kappa shape index (κ1) is 17.7. The molecule has 1 aliphatic carbocycles. The van der Waals surface area contributed by atoms with Crippen LogP contribution < -0.4 is 5.32 Å². The lowest BCUT2D eigenvalue weighted by Gasteiger charge is -2.41. The van der Waals surface area contributed by atoms with Gasteiger partial charge in [0, 0.05) is 44.3 Å². The number of imidazole rings is 1. The summed E-state index contributed by atoms with van der Waals surface area (Å²) in [5, 5.41) is 3.38. The third-order valence-corrected chi connectivity index (χ3v) is 6.03. The zero-order valence-corrected chi connectivity index (χ0v) is 15.8. The third kappa shape index (κ3) is 3.85. The maximum atomic E-state index is 4.64. The summed E-state index contributed by atoms with van der Waals surface area (Å²) in [6, 6.07) is 11.6. The van der Waals surface area contributed by atoms with Gasteiger partial charge in [-0.3, -0.25) is 9.80 Å². The normalized spacial score (nSPS) is 21.3. The largest absolute Gasteiger partial charge is 0.341 e. The number of benzene rings is 1. The Morgan fingerprint density at radius 2 is 1.85 bits per heavy atom. The molecule has 5 nitrogen and oxygen atoms in total. The van der Waals surface area contributed by atoms with Gasteiger partial charge in [0.25, 0.3) is 0 Å². The molecule has 5 heteroatoms. The molecule has 0 amide bonds. The standard InChI is InChI=1S/C21H31N5/c1-22-16-20(19-15-23-21(24-19)17-7-3-2-4-8-17)26-13-11-25(12-14-26)18-9-5-6-10-18/h2-4,7-8,15,18,20,22H,5-6,9-14,16H2,1H3,(H,23,24). The predicted molar refractivity (Wildman–Crippen MR) is 106 cm³/mol. The molecular formula is C21H31N5. The van der Waals surface area contributed by atoms with E-state index in [4.69, 9.17) is 0 Å². The Morgan fingerprint density at radius 1 is 1.12 bits per heavy atom. The molecule has 26 heavy (non-hydrogen) atoms. The number of piperazine rings is 1. The van der Waals surface area contributed by atoms with Crippen molar-refractivity contribution < 1.29 is 0 Å². The van der Waals surface area contributed by atoms with Crippen LogP contribution in [0.25, 0.3) is 11.4 Å². The molecule has 1 unspecified atom stereocenters. The van der Waals surface area contributed by atoms with Crippen LogP contribution in [0.5, 0.6) is 0 Å². The van der Waals surface area contributed by atoms with Crippen molar-refractivity contribution in [1.82, 2.24) is 25.1 Å². The van der Waals surface area contributed by atoms with E-state index in [1.807, 2.05) is 19.3 Å². The predicted octanol–water partition coefficient (Wildman–Crippen LogP) is 2.90. The first-order chi connectivity index (χ1) is 12.8. The summed E-state index contributed by atoms with van der Waals surface area (Å²) in [5.74, 6) is 0.964. The monoisotopic (exact) mass is 353 g/mol. The van der Waals surface area contributed by atoms with Gasteiger partial charge in [0.2, 0.25) is 0 Å². The van der Waals surface area contributed by atoms with Crippen molar-refractivity contribution in [1.29, 1.82) is 0 Å². The third-order valence-electron chi connectivity index (χ3n) is 6.03. The number of nitrogens with one attached hydrogen (secondary N) is 2. The van der Waals surface area contributed by atoms with Gasteiger partial charge >= 0.3 is 0 Å². The van der Waals surface area contributed by atoms with Gasteiger partial charge in [0.15, 0.2) is 0 Å². The fourth-order valence-corrected chi connectivity index (χ4v) is 4.56. The number of likely N-dealkylation sites (N-methyl/N-ethyl adjacent to an activating group) is 1. The Kier molecular flexibility index (Phi) is 5.68. The van der Waals surface area contributed by atoms with Crippen LogP contribution in [0.1, 0.15) is 37.4 Å². The lowest BCUT2D eigenvalue weighted by molar-refractivity contribution is 0.0691. The Hall–Kier alpha value is -1.69. The van der Waals surface area contributed by atoms with Crippen LogP contribution in [-0.4, -0.2) is 65.6 Å². The minimum absolute atomic E-state index is 0.357. The molecule has 1 aromatic carbocycles. The highest BCUT2D eigenvalue weighted by Gasteiger charge is 2.30. The van der Waals surface area contributed by atoms with E-state index < -0.39 is 0 Å². The number of rotatable bonds is 6. The topological polar surface area (TPSA) is 47.2 Å². The second-order valence-electron chi connectivity index (χ2n) is 7.64. The van der Waals surface area contributed by atoms with Gasteiger partial charge in [-0.2, -0.15) is 0 Å². The smallest absolute Gasteiger partial charge is 0.137 e. The molecule has 140 valence electrons. The van der Waals surface area contributed by atoms with Gasteiger partial charge < -0.3 is 10.3 Å². The van der Waals surface area contributed by atoms with Crippen LogP contribution in [0, 0.1) is 0 Å². The highest BCUT2D eigenvalue weighted by atomic mass is 15.3. The first-order valence-corrected chi connectivity index (χ1v) is 10.1. The molecule has 2 fully saturated rings. The molecule has 1 saturated carbocycles. The maximum absolute atomic E-state index is 4.64. The number of H-pyrrole nitrogens is 1. The number of hydrogen-bond acceptors (Lipinski definition) is 4. The average Bonchev–Trinajstić information content (AvgIpc) is 3.39. The minimum atomic E-state index is 0.357. The molecule has 2 aliphatic rings. The van der Waals surface area contributed by atoms with Crippen molar-refractivity contribution in [2.75, 3.05) is 39.8 Å². The molecule has 1 aromatic heterocycles. The molecule has 4 rings (SSSR count). The molecule has 2 N–H and O–H groups in total. The highest BCUT2D eigenvalue weighted by Crippen LogP contribution is 2.27. The van der Waals surface area contributed by atoms with Gasteiger partial charge in [-0.1, -0.05) is 43.2 Å². The SMILES string of the molecule is CNCC(c1cnc(-c2ccccc2)[nH]1)N1CCN(C2CCCC2)CC1. The van der Waals surface area contributed by atoms with E-state index in [1.54, 1.807) is 0 Å². The molecule has 1 aliphatic heterocycles. The van der Waals surface area contributed by atoms with E-state index in [9.17, 15) is 0 Å². The molecule has 1 saturated heterocycles. The van der Waals surface area contributed by atoms with Crippen LogP contribution in [0.2, 0.25) is 0 Å². The summed E-state index contributed by atoms with van der Waals surface area (Å²) in [5.41, 5.74) is 2.36. The number of hydrogen-bond donors (Lipinski definition) is 2.